The summed E-state index contributed by atoms with van der Waals surface area (Å²) in [5, 5.41) is 18.3. The molecule has 0 saturated carbocycles. The standard InChI is InChI=1S/C46H87O9P/c1-3-5-7-9-11-13-15-16-17-18-19-20-21-22-23-24-25-26-27-29-31-33-35-37-39-52-42-45(43-54-56(50,51)53-41-44(48)40-47)55-46(49)38-36-34-32-30-28-14-12-10-8-6-4-2/h15-16,18-19,21-22,44-45,47-48H,3-14,17,20,23-43H2,1-2H3,(H,50,51)/b16-15-,19-18-,22-21-. The summed E-state index contributed by atoms with van der Waals surface area (Å²) in [4.78, 5) is 22.5. The van der Waals surface area contributed by atoms with Gasteiger partial charge in [0, 0.05) is 13.0 Å². The van der Waals surface area contributed by atoms with Crippen molar-refractivity contribution in [3.8, 4) is 0 Å². The van der Waals surface area contributed by atoms with Gasteiger partial charge in [-0.15, -0.1) is 0 Å². The quantitative estimate of drug-likeness (QED) is 0.0238. The Morgan fingerprint density at radius 2 is 0.964 bits per heavy atom. The van der Waals surface area contributed by atoms with Crippen LogP contribution >= 0.6 is 7.82 Å². The summed E-state index contributed by atoms with van der Waals surface area (Å²) in [5.74, 6) is -0.385. The van der Waals surface area contributed by atoms with Crippen molar-refractivity contribution >= 4 is 13.8 Å². The van der Waals surface area contributed by atoms with Crippen molar-refractivity contribution in [3.05, 3.63) is 36.5 Å². The molecule has 0 rings (SSSR count). The van der Waals surface area contributed by atoms with Crippen LogP contribution in [-0.4, -0.2) is 66.3 Å². The summed E-state index contributed by atoms with van der Waals surface area (Å²) in [5.41, 5.74) is 0. The second-order valence-electron chi connectivity index (χ2n) is 15.4. The van der Waals surface area contributed by atoms with Crippen molar-refractivity contribution in [3.63, 3.8) is 0 Å². The number of aliphatic hydroxyl groups excluding tert-OH is 2. The molecule has 0 amide bonds. The molecule has 3 unspecified atom stereocenters. The maximum absolute atomic E-state index is 12.6. The number of esters is 1. The molecule has 9 nitrogen and oxygen atoms in total. The molecule has 330 valence electrons. The Morgan fingerprint density at radius 1 is 0.554 bits per heavy atom. The lowest BCUT2D eigenvalue weighted by atomic mass is 10.1. The average Bonchev–Trinajstić information content (AvgIpc) is 3.19. The van der Waals surface area contributed by atoms with Crippen LogP contribution in [0.2, 0.25) is 0 Å². The number of carbonyl (C=O) groups excluding carboxylic acids is 1. The van der Waals surface area contributed by atoms with Crippen molar-refractivity contribution in [2.24, 2.45) is 0 Å². The topological polar surface area (TPSA) is 132 Å². The van der Waals surface area contributed by atoms with E-state index in [1.807, 2.05) is 0 Å². The van der Waals surface area contributed by atoms with Gasteiger partial charge in [0.05, 0.1) is 26.4 Å². The van der Waals surface area contributed by atoms with E-state index < -0.39 is 33.2 Å². The van der Waals surface area contributed by atoms with Crippen molar-refractivity contribution < 1.29 is 43.0 Å². The Labute approximate surface area is 344 Å². The monoisotopic (exact) mass is 815 g/mol. The Kier molecular flexibility index (Phi) is 42.2. The molecule has 0 aliphatic heterocycles. The van der Waals surface area contributed by atoms with Gasteiger partial charge in [-0.1, -0.05) is 185 Å². The van der Waals surface area contributed by atoms with Gasteiger partial charge in [-0.25, -0.2) is 4.57 Å². The maximum atomic E-state index is 12.6. The third-order valence-electron chi connectivity index (χ3n) is 9.83. The molecule has 0 aromatic carbocycles. The van der Waals surface area contributed by atoms with Crippen molar-refractivity contribution in [1.29, 1.82) is 0 Å². The van der Waals surface area contributed by atoms with Gasteiger partial charge in [0.2, 0.25) is 0 Å². The molecule has 10 heteroatoms. The summed E-state index contributed by atoms with van der Waals surface area (Å²) in [6, 6.07) is 0. The molecule has 0 aliphatic rings. The molecule has 0 aromatic heterocycles. The number of unbranched alkanes of at least 4 members (excludes halogenated alkanes) is 24. The maximum Gasteiger partial charge on any atom is 0.472 e. The summed E-state index contributed by atoms with van der Waals surface area (Å²) < 4.78 is 33.4. The fourth-order valence-electron chi connectivity index (χ4n) is 6.30. The molecule has 0 fully saturated rings. The van der Waals surface area contributed by atoms with Crippen LogP contribution < -0.4 is 0 Å². The highest BCUT2D eigenvalue weighted by Crippen LogP contribution is 2.43. The van der Waals surface area contributed by atoms with E-state index in [2.05, 4.69) is 50.3 Å². The van der Waals surface area contributed by atoms with E-state index in [0.717, 1.165) is 51.4 Å². The summed E-state index contributed by atoms with van der Waals surface area (Å²) >= 11 is 0. The number of hydrogen-bond donors (Lipinski definition) is 3. The molecule has 3 N–H and O–H groups in total. The number of carbonyl (C=O) groups is 1. The van der Waals surface area contributed by atoms with Crippen LogP contribution in [0.5, 0.6) is 0 Å². The summed E-state index contributed by atoms with van der Waals surface area (Å²) in [6.45, 7) is 3.50. The van der Waals surface area contributed by atoms with Crippen LogP contribution in [0.4, 0.5) is 0 Å². The van der Waals surface area contributed by atoms with Crippen molar-refractivity contribution in [2.45, 2.75) is 219 Å². The highest BCUT2D eigenvalue weighted by Gasteiger charge is 2.26. The number of phosphoric acid groups is 1. The van der Waals surface area contributed by atoms with Gasteiger partial charge < -0.3 is 24.6 Å². The summed E-state index contributed by atoms with van der Waals surface area (Å²) in [7, 11) is -4.51. The zero-order valence-corrected chi connectivity index (χ0v) is 37.0. The van der Waals surface area contributed by atoms with Crippen LogP contribution in [-0.2, 0) is 27.9 Å². The predicted molar refractivity (Wildman–Crippen MR) is 233 cm³/mol. The van der Waals surface area contributed by atoms with Crippen molar-refractivity contribution in [1.82, 2.24) is 0 Å². The Morgan fingerprint density at radius 3 is 1.45 bits per heavy atom. The average molecular weight is 815 g/mol. The van der Waals surface area contributed by atoms with Crippen molar-refractivity contribution in [2.75, 3.05) is 33.0 Å². The SMILES string of the molecule is CCCCCCC/C=C\C/C=C\C/C=C\CCCCCCCCCCCOCC(COP(=O)(O)OCC(O)CO)OC(=O)CCCCCCCCCCCCC. The second-order valence-corrected chi connectivity index (χ2v) is 16.9. The molecule has 0 aliphatic carbocycles. The third kappa shape index (κ3) is 42.3. The first-order valence-electron chi connectivity index (χ1n) is 23.0. The molecule has 56 heavy (non-hydrogen) atoms. The number of rotatable bonds is 44. The fraction of sp³-hybridized carbons (Fsp3) is 0.848. The molecule has 0 spiro atoms. The minimum absolute atomic E-state index is 0.0477. The number of phosphoric ester groups is 1. The number of aliphatic hydroxyl groups is 2. The van der Waals surface area contributed by atoms with E-state index >= 15 is 0 Å². The lowest BCUT2D eigenvalue weighted by Gasteiger charge is -2.20. The lowest BCUT2D eigenvalue weighted by molar-refractivity contribution is -0.154. The fourth-order valence-corrected chi connectivity index (χ4v) is 7.09. The number of hydrogen-bond acceptors (Lipinski definition) is 8. The van der Waals surface area contributed by atoms with Gasteiger partial charge >= 0.3 is 13.8 Å². The van der Waals surface area contributed by atoms with Gasteiger partial charge in [0.15, 0.2) is 0 Å². The van der Waals surface area contributed by atoms with E-state index in [9.17, 15) is 19.4 Å². The van der Waals surface area contributed by atoms with Gasteiger partial charge in [-0.05, 0) is 51.4 Å². The zero-order chi connectivity index (χ0) is 41.1. The predicted octanol–water partition coefficient (Wildman–Crippen LogP) is 12.8. The van der Waals surface area contributed by atoms with Crippen LogP contribution in [0.25, 0.3) is 0 Å². The second kappa shape index (κ2) is 43.3. The van der Waals surface area contributed by atoms with Crippen LogP contribution in [0.15, 0.2) is 36.5 Å². The lowest BCUT2D eigenvalue weighted by Crippen LogP contribution is -2.29. The molecule has 0 saturated heterocycles. The molecule has 0 aromatic rings. The number of allylic oxidation sites excluding steroid dienone is 6. The highest BCUT2D eigenvalue weighted by atomic mass is 31.2. The highest BCUT2D eigenvalue weighted by molar-refractivity contribution is 7.47. The van der Waals surface area contributed by atoms with Gasteiger partial charge in [-0.3, -0.25) is 13.8 Å². The molecular weight excluding hydrogens is 727 g/mol. The van der Waals surface area contributed by atoms with Crippen LogP contribution in [0.1, 0.15) is 206 Å². The molecule has 3 atom stereocenters. The first-order valence-corrected chi connectivity index (χ1v) is 24.5. The third-order valence-corrected chi connectivity index (χ3v) is 10.8. The minimum atomic E-state index is -4.51. The van der Waals surface area contributed by atoms with Crippen LogP contribution in [0, 0.1) is 0 Å². The van der Waals surface area contributed by atoms with E-state index in [0.29, 0.717) is 6.61 Å². The Balaban J connectivity index is 4.05. The Bertz CT molecular complexity index is 970. The Hall–Kier alpha value is -1.32. The van der Waals surface area contributed by atoms with E-state index in [1.54, 1.807) is 0 Å². The number of ether oxygens (including phenoxy) is 2. The molecule has 0 radical (unpaired) electrons. The minimum Gasteiger partial charge on any atom is -0.457 e. The first-order chi connectivity index (χ1) is 27.3. The van der Waals surface area contributed by atoms with Gasteiger partial charge in [0.1, 0.15) is 12.2 Å². The van der Waals surface area contributed by atoms with E-state index in [4.69, 9.17) is 23.6 Å². The van der Waals surface area contributed by atoms with Gasteiger partial charge in [0.25, 0.3) is 0 Å². The molecular formula is C46H87O9P. The normalized spacial score (nSPS) is 14.3. The van der Waals surface area contributed by atoms with Crippen LogP contribution in [0.3, 0.4) is 0 Å². The first kappa shape index (κ1) is 54.7. The van der Waals surface area contributed by atoms with E-state index in [-0.39, 0.29) is 25.6 Å². The summed E-state index contributed by atoms with van der Waals surface area (Å²) in [6.07, 6.45) is 46.8. The molecule has 0 bridgehead atoms. The van der Waals surface area contributed by atoms with Gasteiger partial charge in [-0.2, -0.15) is 0 Å². The molecule has 0 heterocycles. The smallest absolute Gasteiger partial charge is 0.457 e. The largest absolute Gasteiger partial charge is 0.472 e. The van der Waals surface area contributed by atoms with E-state index in [1.165, 1.54) is 135 Å². The zero-order valence-electron chi connectivity index (χ0n) is 36.1.